The lowest BCUT2D eigenvalue weighted by Gasteiger charge is -2.36. The van der Waals surface area contributed by atoms with Gasteiger partial charge in [-0.25, -0.2) is 9.97 Å². The van der Waals surface area contributed by atoms with E-state index in [-0.39, 0.29) is 11.9 Å². The quantitative estimate of drug-likeness (QED) is 0.621. The Kier molecular flexibility index (Phi) is 5.12. The maximum absolute atomic E-state index is 12.9. The molecule has 1 amide bonds. The van der Waals surface area contributed by atoms with Crippen molar-refractivity contribution in [3.8, 4) is 11.3 Å². The summed E-state index contributed by atoms with van der Waals surface area (Å²) >= 11 is 1.37. The molecule has 4 rings (SSSR count). The number of alkyl halides is 3. The molecule has 3 heterocycles. The maximum atomic E-state index is 12.9. The minimum absolute atomic E-state index is 0.136. The van der Waals surface area contributed by atoms with Crippen LogP contribution >= 0.6 is 11.3 Å². The molecular formula is C19H18F3N5OS. The molecule has 6 nitrogen and oxygen atoms in total. The van der Waals surface area contributed by atoms with Crippen LogP contribution in [0.15, 0.2) is 36.2 Å². The van der Waals surface area contributed by atoms with Crippen molar-refractivity contribution in [3.05, 3.63) is 52.6 Å². The highest BCUT2D eigenvalue weighted by atomic mass is 32.1. The first-order valence-electron chi connectivity index (χ1n) is 9.08. The van der Waals surface area contributed by atoms with Crippen LogP contribution in [0.25, 0.3) is 11.3 Å². The van der Waals surface area contributed by atoms with E-state index in [0.29, 0.717) is 23.5 Å². The average Bonchev–Trinajstić information content (AvgIpc) is 3.27. The van der Waals surface area contributed by atoms with Gasteiger partial charge in [0.15, 0.2) is 0 Å². The summed E-state index contributed by atoms with van der Waals surface area (Å²) in [5.41, 5.74) is 0.508. The van der Waals surface area contributed by atoms with Crippen LogP contribution in [0.5, 0.6) is 0 Å². The summed E-state index contributed by atoms with van der Waals surface area (Å²) in [6.45, 7) is 0.346. The number of carbonyl (C=O) groups is 1. The van der Waals surface area contributed by atoms with Crippen molar-refractivity contribution in [2.45, 2.75) is 38.0 Å². The predicted molar refractivity (Wildman–Crippen MR) is 101 cm³/mol. The zero-order valence-electron chi connectivity index (χ0n) is 15.6. The Hall–Kier alpha value is -2.75. The molecule has 29 heavy (non-hydrogen) atoms. The van der Waals surface area contributed by atoms with Crippen molar-refractivity contribution in [2.24, 2.45) is 7.05 Å². The number of amides is 1. The molecule has 0 aromatic carbocycles. The minimum atomic E-state index is -4.47. The molecule has 0 unspecified atom stereocenters. The molecule has 10 heteroatoms. The highest BCUT2D eigenvalue weighted by molar-refractivity contribution is 7.09. The standard InChI is InChI=1S/C19H18F3N5OS/c1-26-8-14(24-11-26)18(28)27(13-3-2-4-13)9-17-25-15(10-29-17)12-5-6-16(23-7-12)19(20,21)22/h5-8,10-11,13H,2-4,9H2,1H3. The number of carbonyl (C=O) groups excluding carboxylic acids is 1. The summed E-state index contributed by atoms with van der Waals surface area (Å²) in [6, 6.07) is 2.46. The topological polar surface area (TPSA) is 63.9 Å². The molecule has 0 spiro atoms. The Labute approximate surface area is 169 Å². The van der Waals surface area contributed by atoms with Gasteiger partial charge in [-0.2, -0.15) is 13.2 Å². The lowest BCUT2D eigenvalue weighted by atomic mass is 9.91. The number of rotatable bonds is 5. The van der Waals surface area contributed by atoms with E-state index in [0.717, 1.165) is 30.3 Å². The van der Waals surface area contributed by atoms with E-state index in [4.69, 9.17) is 0 Å². The van der Waals surface area contributed by atoms with E-state index in [1.165, 1.54) is 23.6 Å². The zero-order chi connectivity index (χ0) is 20.6. The molecule has 0 radical (unpaired) electrons. The summed E-state index contributed by atoms with van der Waals surface area (Å²) in [7, 11) is 1.81. The third kappa shape index (κ3) is 4.16. The van der Waals surface area contributed by atoms with Gasteiger partial charge in [0.1, 0.15) is 16.4 Å². The molecule has 3 aromatic rings. The Morgan fingerprint density at radius 2 is 2.10 bits per heavy atom. The second-order valence-electron chi connectivity index (χ2n) is 7.00. The number of thiazole rings is 1. The maximum Gasteiger partial charge on any atom is 0.433 e. The van der Waals surface area contributed by atoms with Gasteiger partial charge >= 0.3 is 6.18 Å². The third-order valence-corrected chi connectivity index (χ3v) is 5.74. The molecule has 1 aliphatic rings. The van der Waals surface area contributed by atoms with E-state index in [2.05, 4.69) is 15.0 Å². The Morgan fingerprint density at radius 3 is 2.66 bits per heavy atom. The van der Waals surface area contributed by atoms with E-state index in [1.807, 2.05) is 7.05 Å². The Balaban J connectivity index is 1.52. The van der Waals surface area contributed by atoms with E-state index in [1.54, 1.807) is 27.4 Å². The average molecular weight is 421 g/mol. The van der Waals surface area contributed by atoms with E-state index >= 15 is 0 Å². The number of halogens is 3. The Bertz CT molecular complexity index is 1010. The summed E-state index contributed by atoms with van der Waals surface area (Å²) in [4.78, 5) is 26.9. The summed E-state index contributed by atoms with van der Waals surface area (Å²) in [5, 5.41) is 2.49. The molecule has 0 saturated heterocycles. The fraction of sp³-hybridized carbons (Fsp3) is 0.368. The predicted octanol–water partition coefficient (Wildman–Crippen LogP) is 4.15. The van der Waals surface area contributed by atoms with Crippen molar-refractivity contribution in [1.29, 1.82) is 0 Å². The van der Waals surface area contributed by atoms with Crippen molar-refractivity contribution in [1.82, 2.24) is 24.4 Å². The second-order valence-corrected chi connectivity index (χ2v) is 7.94. The molecule has 0 aliphatic heterocycles. The smallest absolute Gasteiger partial charge is 0.340 e. The highest BCUT2D eigenvalue weighted by Crippen LogP contribution is 2.31. The number of hydrogen-bond acceptors (Lipinski definition) is 5. The first-order chi connectivity index (χ1) is 13.8. The van der Waals surface area contributed by atoms with Crippen molar-refractivity contribution in [2.75, 3.05) is 0 Å². The molecule has 1 aliphatic carbocycles. The number of nitrogens with zero attached hydrogens (tertiary/aromatic N) is 5. The fourth-order valence-corrected chi connectivity index (χ4v) is 3.91. The Morgan fingerprint density at radius 1 is 1.31 bits per heavy atom. The first-order valence-corrected chi connectivity index (χ1v) is 9.96. The lowest BCUT2D eigenvalue weighted by molar-refractivity contribution is -0.141. The molecular weight excluding hydrogens is 403 g/mol. The van der Waals surface area contributed by atoms with Crippen LogP contribution in [0.2, 0.25) is 0 Å². The molecule has 152 valence electrons. The van der Waals surface area contributed by atoms with Crippen LogP contribution in [-0.2, 0) is 19.8 Å². The van der Waals surface area contributed by atoms with Gasteiger partial charge in [-0.15, -0.1) is 11.3 Å². The summed E-state index contributed by atoms with van der Waals surface area (Å²) in [5.74, 6) is -0.136. The van der Waals surface area contributed by atoms with Crippen LogP contribution < -0.4 is 0 Å². The normalized spacial score (nSPS) is 14.6. The van der Waals surface area contributed by atoms with Crippen LogP contribution in [0.3, 0.4) is 0 Å². The van der Waals surface area contributed by atoms with Crippen LogP contribution in [0, 0.1) is 0 Å². The molecule has 0 N–H and O–H groups in total. The van der Waals surface area contributed by atoms with Crippen molar-refractivity contribution in [3.63, 3.8) is 0 Å². The first kappa shape index (κ1) is 19.6. The van der Waals surface area contributed by atoms with Gasteiger partial charge in [0.25, 0.3) is 5.91 Å². The number of pyridine rings is 1. The molecule has 1 fully saturated rings. The van der Waals surface area contributed by atoms with Gasteiger partial charge in [-0.3, -0.25) is 9.78 Å². The van der Waals surface area contributed by atoms with Gasteiger partial charge in [-0.1, -0.05) is 0 Å². The molecule has 0 bridgehead atoms. The minimum Gasteiger partial charge on any atom is -0.340 e. The van der Waals surface area contributed by atoms with E-state index < -0.39 is 11.9 Å². The number of imidazole rings is 1. The second kappa shape index (κ2) is 7.58. The van der Waals surface area contributed by atoms with Crippen molar-refractivity contribution >= 4 is 17.2 Å². The van der Waals surface area contributed by atoms with Crippen LogP contribution in [0.4, 0.5) is 13.2 Å². The number of aromatic nitrogens is 4. The molecule has 1 saturated carbocycles. The lowest BCUT2D eigenvalue weighted by Crippen LogP contribution is -2.43. The van der Waals surface area contributed by atoms with Gasteiger partial charge in [0, 0.05) is 36.4 Å². The van der Waals surface area contributed by atoms with Gasteiger partial charge < -0.3 is 9.47 Å². The number of aryl methyl sites for hydroxylation is 1. The highest BCUT2D eigenvalue weighted by Gasteiger charge is 2.33. The molecule has 0 atom stereocenters. The largest absolute Gasteiger partial charge is 0.433 e. The van der Waals surface area contributed by atoms with Crippen LogP contribution in [-0.4, -0.2) is 36.4 Å². The molecule has 3 aromatic heterocycles. The zero-order valence-corrected chi connectivity index (χ0v) is 16.4. The van der Waals surface area contributed by atoms with Gasteiger partial charge in [-0.05, 0) is 31.4 Å². The number of hydrogen-bond donors (Lipinski definition) is 0. The summed E-state index contributed by atoms with van der Waals surface area (Å²) in [6.07, 6.45) is 2.95. The van der Waals surface area contributed by atoms with E-state index in [9.17, 15) is 18.0 Å². The van der Waals surface area contributed by atoms with Crippen LogP contribution in [0.1, 0.15) is 40.5 Å². The summed E-state index contributed by atoms with van der Waals surface area (Å²) < 4.78 is 39.8. The van der Waals surface area contributed by atoms with Gasteiger partial charge in [0.2, 0.25) is 0 Å². The van der Waals surface area contributed by atoms with Crippen molar-refractivity contribution < 1.29 is 18.0 Å². The SMILES string of the molecule is Cn1cnc(C(=O)N(Cc2nc(-c3ccc(C(F)(F)F)nc3)cs2)C2CCC2)c1. The third-order valence-electron chi connectivity index (χ3n) is 4.91. The monoisotopic (exact) mass is 421 g/mol. The fourth-order valence-electron chi connectivity index (χ4n) is 3.11. The van der Waals surface area contributed by atoms with Gasteiger partial charge in [0.05, 0.1) is 18.6 Å².